The number of nitrogens with zero attached hydrogens (tertiary/aromatic N) is 3. The van der Waals surface area contributed by atoms with Gasteiger partial charge >= 0.3 is 0 Å². The summed E-state index contributed by atoms with van der Waals surface area (Å²) >= 11 is 0. The molecule has 0 radical (unpaired) electrons. The molecule has 98 valence electrons. The van der Waals surface area contributed by atoms with E-state index >= 15 is 0 Å². The summed E-state index contributed by atoms with van der Waals surface area (Å²) in [4.78, 5) is 18.7. The molecule has 18 heavy (non-hydrogen) atoms. The zero-order chi connectivity index (χ0) is 12.5. The first-order chi connectivity index (χ1) is 8.75. The second-order valence-corrected chi connectivity index (χ2v) is 5.34. The lowest BCUT2D eigenvalue weighted by Gasteiger charge is -2.27. The van der Waals surface area contributed by atoms with E-state index in [0.29, 0.717) is 17.6 Å². The van der Waals surface area contributed by atoms with Gasteiger partial charge in [-0.15, -0.1) is 0 Å². The zero-order valence-electron chi connectivity index (χ0n) is 10.8. The van der Waals surface area contributed by atoms with E-state index in [1.54, 1.807) is 6.92 Å². The molecule has 5 heteroatoms. The molecule has 1 aromatic rings. The van der Waals surface area contributed by atoms with E-state index in [0.717, 1.165) is 38.6 Å². The van der Waals surface area contributed by atoms with Crippen LogP contribution in [0, 0.1) is 12.8 Å². The van der Waals surface area contributed by atoms with Crippen LogP contribution >= 0.6 is 0 Å². The molecule has 2 aliphatic rings. The van der Waals surface area contributed by atoms with Crippen LogP contribution in [-0.4, -0.2) is 27.5 Å². The SMILES string of the molecule is Cc1nc(C2CCCCCN2C(=O)C2CC2)no1. The van der Waals surface area contributed by atoms with Crippen LogP contribution in [0.3, 0.4) is 0 Å². The maximum atomic E-state index is 12.3. The minimum absolute atomic E-state index is 0.0260. The van der Waals surface area contributed by atoms with Gasteiger partial charge in [0.25, 0.3) is 0 Å². The summed E-state index contributed by atoms with van der Waals surface area (Å²) in [6.45, 7) is 2.63. The number of amides is 1. The molecule has 1 saturated carbocycles. The molecule has 1 aliphatic heterocycles. The van der Waals surface area contributed by atoms with Gasteiger partial charge in [-0.25, -0.2) is 0 Å². The van der Waals surface area contributed by atoms with E-state index in [1.807, 2.05) is 4.90 Å². The van der Waals surface area contributed by atoms with Crippen molar-refractivity contribution < 1.29 is 9.32 Å². The quantitative estimate of drug-likeness (QED) is 0.806. The summed E-state index contributed by atoms with van der Waals surface area (Å²) in [7, 11) is 0. The lowest BCUT2D eigenvalue weighted by atomic mass is 10.1. The predicted octanol–water partition coefficient (Wildman–Crippen LogP) is 2.23. The lowest BCUT2D eigenvalue weighted by Crippen LogP contribution is -2.36. The van der Waals surface area contributed by atoms with Gasteiger partial charge < -0.3 is 9.42 Å². The molecular formula is C13H19N3O2. The van der Waals surface area contributed by atoms with Crippen molar-refractivity contribution in [2.45, 2.75) is 51.5 Å². The number of hydrogen-bond donors (Lipinski definition) is 0. The Morgan fingerprint density at radius 2 is 2.11 bits per heavy atom. The molecule has 1 aliphatic carbocycles. The van der Waals surface area contributed by atoms with Crippen LogP contribution in [0.2, 0.25) is 0 Å². The van der Waals surface area contributed by atoms with Gasteiger partial charge in [-0.2, -0.15) is 4.98 Å². The Balaban J connectivity index is 1.84. The van der Waals surface area contributed by atoms with Crippen LogP contribution in [0.5, 0.6) is 0 Å². The molecular weight excluding hydrogens is 230 g/mol. The van der Waals surface area contributed by atoms with E-state index < -0.39 is 0 Å². The first-order valence-corrected chi connectivity index (χ1v) is 6.86. The van der Waals surface area contributed by atoms with E-state index in [2.05, 4.69) is 10.1 Å². The average Bonchev–Trinajstić information content (AvgIpc) is 3.16. The zero-order valence-corrected chi connectivity index (χ0v) is 10.8. The highest BCUT2D eigenvalue weighted by Gasteiger charge is 2.38. The molecule has 1 saturated heterocycles. The van der Waals surface area contributed by atoms with Crippen LogP contribution in [0.15, 0.2) is 4.52 Å². The third-order valence-corrected chi connectivity index (χ3v) is 3.80. The van der Waals surface area contributed by atoms with Gasteiger partial charge in [-0.3, -0.25) is 4.79 Å². The second kappa shape index (κ2) is 4.71. The molecule has 1 aromatic heterocycles. The molecule has 1 atom stereocenters. The van der Waals surface area contributed by atoms with Gasteiger partial charge in [0.05, 0.1) is 6.04 Å². The summed E-state index contributed by atoms with van der Waals surface area (Å²) in [5, 5.41) is 4.01. The fourth-order valence-corrected chi connectivity index (χ4v) is 2.66. The van der Waals surface area contributed by atoms with Crippen molar-refractivity contribution in [1.82, 2.24) is 15.0 Å². The van der Waals surface area contributed by atoms with Crippen LogP contribution in [0.1, 0.15) is 56.3 Å². The Morgan fingerprint density at radius 1 is 1.28 bits per heavy atom. The fraction of sp³-hybridized carbons (Fsp3) is 0.769. The number of carbonyl (C=O) groups is 1. The van der Waals surface area contributed by atoms with Gasteiger partial charge in [0.15, 0.2) is 5.82 Å². The van der Waals surface area contributed by atoms with E-state index in [9.17, 15) is 4.79 Å². The molecule has 3 rings (SSSR count). The Bertz CT molecular complexity index is 439. The average molecular weight is 249 g/mol. The topological polar surface area (TPSA) is 59.2 Å². The Kier molecular flexibility index (Phi) is 3.06. The molecule has 0 bridgehead atoms. The molecule has 2 heterocycles. The van der Waals surface area contributed by atoms with Crippen molar-refractivity contribution >= 4 is 5.91 Å². The smallest absolute Gasteiger partial charge is 0.226 e. The number of likely N-dealkylation sites (tertiary alicyclic amines) is 1. The van der Waals surface area contributed by atoms with Gasteiger partial charge in [0.1, 0.15) is 0 Å². The normalized spacial score (nSPS) is 24.9. The van der Waals surface area contributed by atoms with Crippen LogP contribution < -0.4 is 0 Å². The van der Waals surface area contributed by atoms with Gasteiger partial charge in [0.2, 0.25) is 11.8 Å². The summed E-state index contributed by atoms with van der Waals surface area (Å²) in [6.07, 6.45) is 6.46. The number of carbonyl (C=O) groups excluding carboxylic acids is 1. The second-order valence-electron chi connectivity index (χ2n) is 5.34. The van der Waals surface area contributed by atoms with Crippen LogP contribution in [0.25, 0.3) is 0 Å². The molecule has 5 nitrogen and oxygen atoms in total. The van der Waals surface area contributed by atoms with Crippen molar-refractivity contribution in [3.8, 4) is 0 Å². The molecule has 1 unspecified atom stereocenters. The number of hydrogen-bond acceptors (Lipinski definition) is 4. The minimum atomic E-state index is 0.0260. The molecule has 1 amide bonds. The Hall–Kier alpha value is -1.39. The summed E-state index contributed by atoms with van der Waals surface area (Å²) in [5.41, 5.74) is 0. The molecule has 0 spiro atoms. The highest BCUT2D eigenvalue weighted by molar-refractivity contribution is 5.81. The summed E-state index contributed by atoms with van der Waals surface area (Å²) < 4.78 is 5.06. The number of aryl methyl sites for hydroxylation is 1. The first-order valence-electron chi connectivity index (χ1n) is 6.86. The third kappa shape index (κ3) is 2.26. The van der Waals surface area contributed by atoms with Gasteiger partial charge in [-0.1, -0.05) is 18.0 Å². The van der Waals surface area contributed by atoms with E-state index in [-0.39, 0.29) is 12.0 Å². The predicted molar refractivity (Wildman–Crippen MR) is 64.7 cm³/mol. The van der Waals surface area contributed by atoms with Crippen molar-refractivity contribution in [2.75, 3.05) is 6.54 Å². The van der Waals surface area contributed by atoms with Crippen molar-refractivity contribution in [2.24, 2.45) is 5.92 Å². The fourth-order valence-electron chi connectivity index (χ4n) is 2.66. The first kappa shape index (κ1) is 11.7. The molecule has 0 aromatic carbocycles. The van der Waals surface area contributed by atoms with Crippen molar-refractivity contribution in [3.63, 3.8) is 0 Å². The highest BCUT2D eigenvalue weighted by Crippen LogP contribution is 2.36. The van der Waals surface area contributed by atoms with E-state index in [1.165, 1.54) is 6.42 Å². The Morgan fingerprint density at radius 3 is 2.78 bits per heavy atom. The van der Waals surface area contributed by atoms with E-state index in [4.69, 9.17) is 4.52 Å². The lowest BCUT2D eigenvalue weighted by molar-refractivity contribution is -0.135. The molecule has 2 fully saturated rings. The van der Waals surface area contributed by atoms with Crippen LogP contribution in [-0.2, 0) is 4.79 Å². The minimum Gasteiger partial charge on any atom is -0.340 e. The number of aromatic nitrogens is 2. The number of rotatable bonds is 2. The Labute approximate surface area is 107 Å². The van der Waals surface area contributed by atoms with Crippen LogP contribution in [0.4, 0.5) is 0 Å². The highest BCUT2D eigenvalue weighted by atomic mass is 16.5. The monoisotopic (exact) mass is 249 g/mol. The summed E-state index contributed by atoms with van der Waals surface area (Å²) in [5.74, 6) is 1.82. The maximum Gasteiger partial charge on any atom is 0.226 e. The van der Waals surface area contributed by atoms with Gasteiger partial charge in [-0.05, 0) is 25.7 Å². The third-order valence-electron chi connectivity index (χ3n) is 3.80. The maximum absolute atomic E-state index is 12.3. The van der Waals surface area contributed by atoms with Crippen molar-refractivity contribution in [1.29, 1.82) is 0 Å². The standard InChI is InChI=1S/C13H19N3O2/c1-9-14-12(15-18-9)11-5-3-2-4-8-16(11)13(17)10-6-7-10/h10-11H,2-8H2,1H3. The van der Waals surface area contributed by atoms with Crippen molar-refractivity contribution in [3.05, 3.63) is 11.7 Å². The van der Waals surface area contributed by atoms with Gasteiger partial charge in [0, 0.05) is 19.4 Å². The largest absolute Gasteiger partial charge is 0.340 e. The summed E-state index contributed by atoms with van der Waals surface area (Å²) in [6, 6.07) is 0.0260. The molecule has 0 N–H and O–H groups in total.